The summed E-state index contributed by atoms with van der Waals surface area (Å²) < 4.78 is 50.5. The zero-order valence-corrected chi connectivity index (χ0v) is 18.8. The minimum absolute atomic E-state index is 0.0523. The maximum absolute atomic E-state index is 14.3. The Morgan fingerprint density at radius 2 is 2.13 bits per heavy atom. The van der Waals surface area contributed by atoms with Gasteiger partial charge < -0.3 is 10.2 Å². The molecule has 3 heterocycles. The fourth-order valence-electron chi connectivity index (χ4n) is 3.51. The number of benzene rings is 1. The van der Waals surface area contributed by atoms with Crippen molar-refractivity contribution in [2.75, 3.05) is 20.2 Å². The summed E-state index contributed by atoms with van der Waals surface area (Å²) in [6.45, 7) is 0.716. The Morgan fingerprint density at radius 1 is 1.32 bits per heavy atom. The molecule has 0 amide bonds. The second-order valence-corrected chi connectivity index (χ2v) is 9.39. The van der Waals surface area contributed by atoms with Crippen molar-refractivity contribution in [3.63, 3.8) is 0 Å². The van der Waals surface area contributed by atoms with Crippen LogP contribution >= 0.6 is 15.9 Å². The van der Waals surface area contributed by atoms with E-state index >= 15 is 0 Å². The normalized spacial score (nSPS) is 16.3. The van der Waals surface area contributed by atoms with E-state index in [4.69, 9.17) is 4.74 Å². The lowest BCUT2D eigenvalue weighted by Gasteiger charge is -2.30. The predicted molar refractivity (Wildman–Crippen MR) is 117 cm³/mol. The standard InChI is InChI=1S/C19H19BrFN5O4S/c1-30-17-9-13(20)14(21)10-16(17)26-15-6-8-25(11-12(15)4-5-19(26)27)31(28,29)24-18-3-2-7-22-23-18/h2-5,9-10,22H,6-8,11H2,1H3,(H,23,24). The van der Waals surface area contributed by atoms with E-state index in [2.05, 4.69) is 31.2 Å². The molecule has 0 unspecified atom stereocenters. The van der Waals surface area contributed by atoms with E-state index in [1.54, 1.807) is 18.2 Å². The Kier molecular flexibility index (Phi) is 5.86. The third-order valence-electron chi connectivity index (χ3n) is 4.95. The van der Waals surface area contributed by atoms with Crippen molar-refractivity contribution >= 4 is 32.0 Å². The summed E-state index contributed by atoms with van der Waals surface area (Å²) in [6.07, 6.45) is 3.59. The summed E-state index contributed by atoms with van der Waals surface area (Å²) in [7, 11) is -2.42. The van der Waals surface area contributed by atoms with E-state index in [-0.39, 0.29) is 41.1 Å². The summed E-state index contributed by atoms with van der Waals surface area (Å²) in [5.74, 6) is -0.0355. The van der Waals surface area contributed by atoms with Gasteiger partial charge in [0.1, 0.15) is 11.6 Å². The van der Waals surface area contributed by atoms with Crippen molar-refractivity contribution in [1.29, 1.82) is 0 Å². The molecule has 9 nitrogen and oxygen atoms in total. The summed E-state index contributed by atoms with van der Waals surface area (Å²) in [4.78, 5) is 12.7. The fraction of sp³-hybridized carbons (Fsp3) is 0.263. The molecule has 0 atom stereocenters. The quantitative estimate of drug-likeness (QED) is 0.645. The Morgan fingerprint density at radius 3 is 2.84 bits per heavy atom. The monoisotopic (exact) mass is 511 g/mol. The molecule has 2 N–H and O–H groups in total. The van der Waals surface area contributed by atoms with E-state index in [1.807, 2.05) is 0 Å². The zero-order chi connectivity index (χ0) is 22.2. The van der Waals surface area contributed by atoms with Gasteiger partial charge in [0, 0.05) is 37.3 Å². The third kappa shape index (κ3) is 4.23. The highest BCUT2D eigenvalue weighted by Gasteiger charge is 2.30. The molecule has 0 saturated carbocycles. The van der Waals surface area contributed by atoms with Crippen LogP contribution in [-0.2, 0) is 23.2 Å². The van der Waals surface area contributed by atoms with Gasteiger partial charge in [-0.2, -0.15) is 17.8 Å². The van der Waals surface area contributed by atoms with Gasteiger partial charge in [0.25, 0.3) is 5.56 Å². The molecule has 31 heavy (non-hydrogen) atoms. The van der Waals surface area contributed by atoms with Crippen LogP contribution in [0, 0.1) is 5.82 Å². The van der Waals surface area contributed by atoms with Gasteiger partial charge in [0.2, 0.25) is 0 Å². The summed E-state index contributed by atoms with van der Waals surface area (Å²) in [5, 5.41) is 3.92. The van der Waals surface area contributed by atoms with Gasteiger partial charge in [0.05, 0.1) is 23.8 Å². The first-order chi connectivity index (χ1) is 14.8. The van der Waals surface area contributed by atoms with Gasteiger partial charge in [-0.05, 0) is 33.6 Å². The molecule has 2 aliphatic rings. The van der Waals surface area contributed by atoms with Crippen LogP contribution < -0.4 is 20.4 Å². The van der Waals surface area contributed by atoms with Crippen LogP contribution in [0.25, 0.3) is 5.69 Å². The molecule has 0 radical (unpaired) electrons. The largest absolute Gasteiger partial charge is 0.495 e. The van der Waals surface area contributed by atoms with Crippen LogP contribution in [0.1, 0.15) is 11.3 Å². The number of halogens is 2. The molecule has 0 fully saturated rings. The van der Waals surface area contributed by atoms with E-state index in [0.717, 1.165) is 0 Å². The smallest absolute Gasteiger partial charge is 0.303 e. The Bertz CT molecular complexity index is 1260. The van der Waals surface area contributed by atoms with E-state index in [0.29, 0.717) is 23.6 Å². The van der Waals surface area contributed by atoms with Crippen molar-refractivity contribution in [2.45, 2.75) is 13.0 Å². The van der Waals surface area contributed by atoms with Crippen LogP contribution in [0.2, 0.25) is 0 Å². The average molecular weight is 512 g/mol. The second-order valence-electron chi connectivity index (χ2n) is 6.87. The van der Waals surface area contributed by atoms with Crippen molar-refractivity contribution in [3.8, 4) is 11.4 Å². The van der Waals surface area contributed by atoms with Gasteiger partial charge in [-0.3, -0.25) is 14.1 Å². The molecule has 0 aliphatic carbocycles. The van der Waals surface area contributed by atoms with Crippen molar-refractivity contribution in [1.82, 2.24) is 19.0 Å². The third-order valence-corrected chi connectivity index (χ3v) is 7.02. The Labute approximate surface area is 186 Å². The maximum atomic E-state index is 14.3. The molecule has 0 bridgehead atoms. The summed E-state index contributed by atoms with van der Waals surface area (Å²) in [5.41, 5.74) is 3.84. The van der Waals surface area contributed by atoms with Gasteiger partial charge >= 0.3 is 10.2 Å². The molecule has 2 aromatic rings. The van der Waals surface area contributed by atoms with Gasteiger partial charge in [-0.25, -0.2) is 4.39 Å². The lowest BCUT2D eigenvalue weighted by molar-refractivity contribution is 0.380. The highest BCUT2D eigenvalue weighted by Crippen LogP contribution is 2.31. The van der Waals surface area contributed by atoms with Crippen LogP contribution in [0.15, 0.2) is 50.8 Å². The molecule has 2 aliphatic heterocycles. The van der Waals surface area contributed by atoms with Crippen molar-refractivity contribution < 1.29 is 17.5 Å². The number of hydrogen-bond donors (Lipinski definition) is 2. The minimum atomic E-state index is -3.86. The Hall–Kier alpha value is -2.70. The highest BCUT2D eigenvalue weighted by atomic mass is 79.9. The van der Waals surface area contributed by atoms with E-state index < -0.39 is 16.0 Å². The van der Waals surface area contributed by atoms with Gasteiger partial charge in [-0.1, -0.05) is 12.1 Å². The lowest BCUT2D eigenvalue weighted by Crippen LogP contribution is -2.46. The number of hydrazone groups is 1. The number of methoxy groups -OCH3 is 1. The molecule has 1 aromatic heterocycles. The van der Waals surface area contributed by atoms with Crippen LogP contribution in [0.5, 0.6) is 5.75 Å². The number of aromatic nitrogens is 1. The second kappa shape index (κ2) is 8.44. The van der Waals surface area contributed by atoms with Crippen molar-refractivity contribution in [3.05, 3.63) is 68.3 Å². The topological polar surface area (TPSA) is 105 Å². The number of fused-ring (bicyclic) bond motifs is 1. The molecule has 12 heteroatoms. The molecule has 4 rings (SSSR count). The highest BCUT2D eigenvalue weighted by molar-refractivity contribution is 9.10. The van der Waals surface area contributed by atoms with Gasteiger partial charge in [0.15, 0.2) is 5.84 Å². The van der Waals surface area contributed by atoms with Crippen LogP contribution in [-0.4, -0.2) is 43.3 Å². The fourth-order valence-corrected chi connectivity index (χ4v) is 4.98. The number of nitrogens with zero attached hydrogens (tertiary/aromatic N) is 3. The number of rotatable bonds is 4. The lowest BCUT2D eigenvalue weighted by atomic mass is 10.1. The van der Waals surface area contributed by atoms with Gasteiger partial charge in [-0.15, -0.1) is 0 Å². The summed E-state index contributed by atoms with van der Waals surface area (Å²) in [6, 6.07) is 5.60. The molecular weight excluding hydrogens is 493 g/mol. The minimum Gasteiger partial charge on any atom is -0.495 e. The first-order valence-corrected chi connectivity index (χ1v) is 11.6. The maximum Gasteiger partial charge on any atom is 0.303 e. The number of hydrogen-bond acceptors (Lipinski definition) is 6. The number of nitrogens with one attached hydrogen (secondary N) is 2. The molecular formula is C19H19BrFN5O4S. The number of pyridine rings is 1. The molecule has 164 valence electrons. The molecule has 0 saturated heterocycles. The Balaban J connectivity index is 1.70. The average Bonchev–Trinajstić information content (AvgIpc) is 2.75. The first-order valence-electron chi connectivity index (χ1n) is 9.32. The summed E-state index contributed by atoms with van der Waals surface area (Å²) >= 11 is 3.12. The number of ether oxygens (including phenoxy) is 1. The predicted octanol–water partition coefficient (Wildman–Crippen LogP) is 1.41. The van der Waals surface area contributed by atoms with Crippen LogP contribution in [0.3, 0.4) is 0 Å². The number of amidine groups is 1. The van der Waals surface area contributed by atoms with Crippen LogP contribution in [0.4, 0.5) is 4.39 Å². The molecule has 0 spiro atoms. The zero-order valence-electron chi connectivity index (χ0n) is 16.4. The first kappa shape index (κ1) is 21.5. The SMILES string of the molecule is COc1cc(Br)c(F)cc1-n1c2c(ccc1=O)CN(S(=O)(=O)NC1=NNCC=C1)CC2. The van der Waals surface area contributed by atoms with E-state index in [1.165, 1.54) is 34.2 Å². The van der Waals surface area contributed by atoms with E-state index in [9.17, 15) is 17.6 Å². The molecule has 1 aromatic carbocycles. The van der Waals surface area contributed by atoms with Crippen molar-refractivity contribution in [2.24, 2.45) is 5.10 Å².